The second-order valence-corrected chi connectivity index (χ2v) is 5.90. The minimum Gasteiger partial charge on any atom is -0.0961 e. The third-order valence-electron chi connectivity index (χ3n) is 3.68. The predicted octanol–water partition coefficient (Wildman–Crippen LogP) is 6.28. The van der Waals surface area contributed by atoms with E-state index in [9.17, 15) is 0 Å². The SMILES string of the molecule is C=C(C)/C=C\C(=C)CCc1ccc(-c2ccc(C)cc2)cc1. The molecule has 2 aromatic rings. The highest BCUT2D eigenvalue weighted by molar-refractivity contribution is 5.63. The Morgan fingerprint density at radius 1 is 0.864 bits per heavy atom. The molecule has 0 amide bonds. The summed E-state index contributed by atoms with van der Waals surface area (Å²) in [6, 6.07) is 17.5. The van der Waals surface area contributed by atoms with Crippen molar-refractivity contribution >= 4 is 0 Å². The predicted molar refractivity (Wildman–Crippen MR) is 98.0 cm³/mol. The van der Waals surface area contributed by atoms with Crippen molar-refractivity contribution in [1.82, 2.24) is 0 Å². The van der Waals surface area contributed by atoms with Crippen LogP contribution in [0, 0.1) is 6.92 Å². The Bertz CT molecular complexity index is 667. The van der Waals surface area contributed by atoms with Gasteiger partial charge in [-0.25, -0.2) is 0 Å². The molecule has 0 saturated heterocycles. The first kappa shape index (κ1) is 16.0. The van der Waals surface area contributed by atoms with E-state index >= 15 is 0 Å². The first-order valence-corrected chi connectivity index (χ1v) is 7.72. The molecule has 0 radical (unpaired) electrons. The van der Waals surface area contributed by atoms with Gasteiger partial charge >= 0.3 is 0 Å². The number of benzene rings is 2. The van der Waals surface area contributed by atoms with E-state index < -0.39 is 0 Å². The molecule has 2 rings (SSSR count). The van der Waals surface area contributed by atoms with Crippen LogP contribution in [-0.2, 0) is 6.42 Å². The molecule has 0 aromatic heterocycles. The Balaban J connectivity index is 1.96. The monoisotopic (exact) mass is 288 g/mol. The Kier molecular flexibility index (Phi) is 5.55. The molecule has 0 unspecified atom stereocenters. The quantitative estimate of drug-likeness (QED) is 0.548. The molecule has 0 fully saturated rings. The smallest absolute Gasteiger partial charge is 0.0184 e. The molecule has 0 aliphatic rings. The van der Waals surface area contributed by atoms with E-state index in [2.05, 4.69) is 74.7 Å². The van der Waals surface area contributed by atoms with Gasteiger partial charge in [0.1, 0.15) is 0 Å². The molecule has 0 atom stereocenters. The summed E-state index contributed by atoms with van der Waals surface area (Å²) >= 11 is 0. The number of rotatable bonds is 6. The molecule has 0 aliphatic carbocycles. The summed E-state index contributed by atoms with van der Waals surface area (Å²) in [6.07, 6.45) is 6.08. The molecule has 0 nitrogen and oxygen atoms in total. The van der Waals surface area contributed by atoms with Crippen LogP contribution in [0.25, 0.3) is 11.1 Å². The number of aryl methyl sites for hydroxylation is 2. The lowest BCUT2D eigenvalue weighted by Gasteiger charge is -2.05. The third kappa shape index (κ3) is 4.89. The Labute approximate surface area is 134 Å². The van der Waals surface area contributed by atoms with Crippen LogP contribution in [0.3, 0.4) is 0 Å². The standard InChI is InChI=1S/C22H24/c1-17(2)5-6-18(3)7-10-20-11-15-22(16-12-20)21-13-8-19(4)9-14-21/h5-6,8-9,11-16H,1,3,7,10H2,2,4H3/b6-5-. The zero-order valence-corrected chi connectivity index (χ0v) is 13.6. The van der Waals surface area contributed by atoms with Crippen molar-refractivity contribution in [2.45, 2.75) is 26.7 Å². The molecule has 0 spiro atoms. The molecule has 0 N–H and O–H groups in total. The lowest BCUT2D eigenvalue weighted by molar-refractivity contribution is 0.969. The van der Waals surface area contributed by atoms with Gasteiger partial charge in [-0.3, -0.25) is 0 Å². The van der Waals surface area contributed by atoms with Crippen molar-refractivity contribution in [3.8, 4) is 11.1 Å². The minimum atomic E-state index is 0.980. The van der Waals surface area contributed by atoms with E-state index in [4.69, 9.17) is 0 Å². The van der Waals surface area contributed by atoms with Crippen molar-refractivity contribution in [2.24, 2.45) is 0 Å². The van der Waals surface area contributed by atoms with Crippen LogP contribution < -0.4 is 0 Å². The van der Waals surface area contributed by atoms with Gasteiger partial charge in [-0.15, -0.1) is 0 Å². The van der Waals surface area contributed by atoms with E-state index in [1.807, 2.05) is 13.0 Å². The Morgan fingerprint density at radius 3 is 1.95 bits per heavy atom. The maximum absolute atomic E-state index is 4.09. The molecular weight excluding hydrogens is 264 g/mol. The summed E-state index contributed by atoms with van der Waals surface area (Å²) in [4.78, 5) is 0. The fraction of sp³-hybridized carbons (Fsp3) is 0.182. The first-order valence-electron chi connectivity index (χ1n) is 7.72. The lowest BCUT2D eigenvalue weighted by atomic mass is 10.00. The summed E-state index contributed by atoms with van der Waals surface area (Å²) in [5.41, 5.74) is 7.38. The van der Waals surface area contributed by atoms with Crippen molar-refractivity contribution in [2.75, 3.05) is 0 Å². The van der Waals surface area contributed by atoms with Crippen molar-refractivity contribution < 1.29 is 0 Å². The van der Waals surface area contributed by atoms with Gasteiger partial charge in [0.05, 0.1) is 0 Å². The zero-order chi connectivity index (χ0) is 15.9. The molecule has 22 heavy (non-hydrogen) atoms. The van der Waals surface area contributed by atoms with Gasteiger partial charge in [-0.1, -0.05) is 90.6 Å². The maximum Gasteiger partial charge on any atom is -0.0184 e. The Morgan fingerprint density at radius 2 is 1.41 bits per heavy atom. The first-order chi connectivity index (χ1) is 10.5. The van der Waals surface area contributed by atoms with Crippen LogP contribution in [0.2, 0.25) is 0 Å². The summed E-state index contributed by atoms with van der Waals surface area (Å²) in [6.45, 7) is 12.1. The maximum atomic E-state index is 4.09. The van der Waals surface area contributed by atoms with Crippen LogP contribution in [-0.4, -0.2) is 0 Å². The molecule has 0 heteroatoms. The van der Waals surface area contributed by atoms with Gasteiger partial charge in [0, 0.05) is 0 Å². The molecule has 112 valence electrons. The summed E-state index contributed by atoms with van der Waals surface area (Å²) in [7, 11) is 0. The van der Waals surface area contributed by atoms with E-state index in [-0.39, 0.29) is 0 Å². The van der Waals surface area contributed by atoms with Crippen molar-refractivity contribution in [3.05, 3.63) is 96.1 Å². The molecule has 2 aromatic carbocycles. The van der Waals surface area contributed by atoms with Crippen molar-refractivity contribution in [1.29, 1.82) is 0 Å². The number of allylic oxidation sites excluding steroid dienone is 4. The molecule has 0 aliphatic heterocycles. The molecule has 0 heterocycles. The molecule has 0 bridgehead atoms. The molecule has 0 saturated carbocycles. The average Bonchev–Trinajstić information content (AvgIpc) is 2.52. The summed E-state index contributed by atoms with van der Waals surface area (Å²) in [5.74, 6) is 0. The number of hydrogen-bond acceptors (Lipinski definition) is 0. The van der Waals surface area contributed by atoms with Crippen LogP contribution in [0.4, 0.5) is 0 Å². The highest BCUT2D eigenvalue weighted by Crippen LogP contribution is 2.21. The number of hydrogen-bond donors (Lipinski definition) is 0. The average molecular weight is 288 g/mol. The Hall–Kier alpha value is -2.34. The van der Waals surface area contributed by atoms with E-state index in [0.29, 0.717) is 0 Å². The lowest BCUT2D eigenvalue weighted by Crippen LogP contribution is -1.87. The van der Waals surface area contributed by atoms with Gasteiger partial charge in [0.25, 0.3) is 0 Å². The van der Waals surface area contributed by atoms with Crippen molar-refractivity contribution in [3.63, 3.8) is 0 Å². The fourth-order valence-electron chi connectivity index (χ4n) is 2.26. The van der Waals surface area contributed by atoms with Crippen LogP contribution in [0.5, 0.6) is 0 Å². The fourth-order valence-corrected chi connectivity index (χ4v) is 2.26. The second kappa shape index (κ2) is 7.61. The summed E-state index contributed by atoms with van der Waals surface area (Å²) < 4.78 is 0. The van der Waals surface area contributed by atoms with Crippen LogP contribution >= 0.6 is 0 Å². The van der Waals surface area contributed by atoms with Gasteiger partial charge in [0.2, 0.25) is 0 Å². The van der Waals surface area contributed by atoms with Gasteiger partial charge in [0.15, 0.2) is 0 Å². The van der Waals surface area contributed by atoms with E-state index in [1.54, 1.807) is 0 Å². The molecular formula is C22H24. The van der Waals surface area contributed by atoms with Gasteiger partial charge in [-0.05, 0) is 43.4 Å². The highest BCUT2D eigenvalue weighted by atomic mass is 14.0. The second-order valence-electron chi connectivity index (χ2n) is 5.90. The zero-order valence-electron chi connectivity index (χ0n) is 13.6. The van der Waals surface area contributed by atoms with Gasteiger partial charge < -0.3 is 0 Å². The normalized spacial score (nSPS) is 10.8. The third-order valence-corrected chi connectivity index (χ3v) is 3.68. The largest absolute Gasteiger partial charge is 0.0961 e. The van der Waals surface area contributed by atoms with E-state index in [0.717, 1.165) is 24.0 Å². The van der Waals surface area contributed by atoms with E-state index in [1.165, 1.54) is 22.3 Å². The van der Waals surface area contributed by atoms with Crippen LogP contribution in [0.15, 0.2) is 85.0 Å². The van der Waals surface area contributed by atoms with Gasteiger partial charge in [-0.2, -0.15) is 0 Å². The topological polar surface area (TPSA) is 0 Å². The summed E-state index contributed by atoms with van der Waals surface area (Å²) in [5, 5.41) is 0. The minimum absolute atomic E-state index is 0.980. The van der Waals surface area contributed by atoms with Crippen LogP contribution in [0.1, 0.15) is 24.5 Å². The highest BCUT2D eigenvalue weighted by Gasteiger charge is 1.99.